The van der Waals surface area contributed by atoms with Crippen molar-refractivity contribution in [3.63, 3.8) is 0 Å². The van der Waals surface area contributed by atoms with Crippen molar-refractivity contribution in [2.75, 3.05) is 18.1 Å². The number of nitrogens with zero attached hydrogens (tertiary/aromatic N) is 3. The van der Waals surface area contributed by atoms with E-state index in [1.165, 1.54) is 5.69 Å². The minimum absolute atomic E-state index is 0.0223. The summed E-state index contributed by atoms with van der Waals surface area (Å²) in [6, 6.07) is 10.6. The molecule has 2 aliphatic rings. The molecule has 2 aromatic rings. The van der Waals surface area contributed by atoms with Gasteiger partial charge in [-0.1, -0.05) is 23.4 Å². The summed E-state index contributed by atoms with van der Waals surface area (Å²) in [6.07, 6.45) is 4.30. The van der Waals surface area contributed by atoms with Crippen LogP contribution in [-0.4, -0.2) is 23.3 Å². The van der Waals surface area contributed by atoms with Crippen molar-refractivity contribution < 1.29 is 9.26 Å². The van der Waals surface area contributed by atoms with Crippen LogP contribution in [-0.2, 0) is 4.74 Å². The summed E-state index contributed by atoms with van der Waals surface area (Å²) in [4.78, 5) is 6.96. The number of hydrogen-bond acceptors (Lipinski definition) is 5. The fraction of sp³-hybridized carbons (Fsp3) is 0.500. The van der Waals surface area contributed by atoms with Crippen molar-refractivity contribution in [1.29, 1.82) is 0 Å². The highest BCUT2D eigenvalue weighted by Gasteiger charge is 2.32. The second-order valence-corrected chi connectivity index (χ2v) is 5.68. The van der Waals surface area contributed by atoms with E-state index in [-0.39, 0.29) is 12.1 Å². The van der Waals surface area contributed by atoms with Gasteiger partial charge in [-0.15, -0.1) is 0 Å². The maximum Gasteiger partial charge on any atom is 0.249 e. The Morgan fingerprint density at radius 1 is 1.10 bits per heavy atom. The van der Waals surface area contributed by atoms with Crippen molar-refractivity contribution in [2.45, 2.75) is 37.8 Å². The summed E-state index contributed by atoms with van der Waals surface area (Å²) in [5, 5.41) is 4.13. The molecule has 0 bridgehead atoms. The molecular formula is C16H19N3O2. The van der Waals surface area contributed by atoms with Crippen molar-refractivity contribution in [2.24, 2.45) is 0 Å². The number of rotatable bonds is 3. The van der Waals surface area contributed by atoms with E-state index in [0.717, 1.165) is 44.7 Å². The lowest BCUT2D eigenvalue weighted by Crippen LogP contribution is -2.22. The van der Waals surface area contributed by atoms with Gasteiger partial charge in [-0.3, -0.25) is 0 Å². The van der Waals surface area contributed by atoms with Crippen molar-refractivity contribution in [1.82, 2.24) is 10.1 Å². The van der Waals surface area contributed by atoms with Gasteiger partial charge in [0.1, 0.15) is 12.1 Å². The minimum atomic E-state index is 0.0223. The van der Waals surface area contributed by atoms with Gasteiger partial charge in [0.2, 0.25) is 11.7 Å². The van der Waals surface area contributed by atoms with Crippen LogP contribution in [0.15, 0.2) is 34.9 Å². The van der Waals surface area contributed by atoms with Gasteiger partial charge in [-0.2, -0.15) is 4.98 Å². The zero-order chi connectivity index (χ0) is 14.1. The smallest absolute Gasteiger partial charge is 0.249 e. The number of aromatic nitrogens is 2. The molecule has 2 fully saturated rings. The van der Waals surface area contributed by atoms with Gasteiger partial charge >= 0.3 is 0 Å². The Morgan fingerprint density at radius 3 is 2.81 bits per heavy atom. The van der Waals surface area contributed by atoms with E-state index in [1.807, 2.05) is 6.07 Å². The highest BCUT2D eigenvalue weighted by molar-refractivity contribution is 5.48. The molecule has 3 heterocycles. The normalized spacial score (nSPS) is 25.6. The Bertz CT molecular complexity index is 593. The minimum Gasteiger partial charge on any atom is -0.370 e. The highest BCUT2D eigenvalue weighted by Crippen LogP contribution is 2.36. The first-order valence-electron chi connectivity index (χ1n) is 7.68. The number of hydrogen-bond donors (Lipinski definition) is 0. The Kier molecular flexibility index (Phi) is 3.35. The molecule has 0 N–H and O–H groups in total. The molecule has 1 aromatic heterocycles. The third-order valence-corrected chi connectivity index (χ3v) is 4.30. The molecule has 0 saturated carbocycles. The molecule has 5 nitrogen and oxygen atoms in total. The average molecular weight is 285 g/mol. The fourth-order valence-electron chi connectivity index (χ4n) is 3.25. The predicted molar refractivity (Wildman–Crippen MR) is 78.0 cm³/mol. The lowest BCUT2D eigenvalue weighted by Gasteiger charge is -2.23. The number of ether oxygens (including phenoxy) is 1. The largest absolute Gasteiger partial charge is 0.370 e. The zero-order valence-corrected chi connectivity index (χ0v) is 11.9. The third kappa shape index (κ3) is 2.42. The lowest BCUT2D eigenvalue weighted by atomic mass is 10.2. The van der Waals surface area contributed by atoms with Crippen LogP contribution < -0.4 is 4.90 Å². The van der Waals surface area contributed by atoms with Crippen LogP contribution in [0.1, 0.15) is 49.5 Å². The molecule has 4 rings (SSSR count). The van der Waals surface area contributed by atoms with Crippen molar-refractivity contribution in [3.05, 3.63) is 42.0 Å². The van der Waals surface area contributed by atoms with E-state index >= 15 is 0 Å². The maximum absolute atomic E-state index is 5.63. The zero-order valence-electron chi connectivity index (χ0n) is 11.9. The fourth-order valence-corrected chi connectivity index (χ4v) is 3.25. The standard InChI is InChI=1S/C16H19N3O2/c1-2-6-12(7-3-1)19-10-4-8-13(19)16-17-15(18-21-16)14-9-5-11-20-14/h1-3,6-7,13-14H,4-5,8-11H2/t13-,14-/m1/s1. The highest BCUT2D eigenvalue weighted by atomic mass is 16.5. The molecular weight excluding hydrogens is 266 g/mol. The molecule has 0 amide bonds. The quantitative estimate of drug-likeness (QED) is 0.866. The van der Waals surface area contributed by atoms with Crippen LogP contribution in [0.5, 0.6) is 0 Å². The molecule has 0 spiro atoms. The predicted octanol–water partition coefficient (Wildman–Crippen LogP) is 3.26. The molecule has 0 unspecified atom stereocenters. The first-order valence-corrected chi connectivity index (χ1v) is 7.68. The SMILES string of the molecule is c1ccc(N2CCC[C@@H]2c2nc([C@H]3CCCO3)no2)cc1. The molecule has 1 aromatic carbocycles. The Balaban J connectivity index is 1.57. The summed E-state index contributed by atoms with van der Waals surface area (Å²) in [5.74, 6) is 1.43. The molecule has 0 aliphatic carbocycles. The molecule has 0 radical (unpaired) electrons. The number of benzene rings is 1. The van der Waals surface area contributed by atoms with Crippen molar-refractivity contribution in [3.8, 4) is 0 Å². The van der Waals surface area contributed by atoms with E-state index in [4.69, 9.17) is 9.26 Å². The first kappa shape index (κ1) is 12.8. The van der Waals surface area contributed by atoms with Gasteiger partial charge < -0.3 is 14.2 Å². The van der Waals surface area contributed by atoms with Gasteiger partial charge in [0, 0.05) is 18.8 Å². The van der Waals surface area contributed by atoms with Crippen LogP contribution in [0.3, 0.4) is 0 Å². The van der Waals surface area contributed by atoms with Gasteiger partial charge in [-0.05, 0) is 37.8 Å². The number of anilines is 1. The molecule has 2 atom stereocenters. The van der Waals surface area contributed by atoms with E-state index in [1.54, 1.807) is 0 Å². The van der Waals surface area contributed by atoms with Crippen LogP contribution in [0, 0.1) is 0 Å². The van der Waals surface area contributed by atoms with E-state index in [0.29, 0.717) is 5.82 Å². The number of para-hydroxylation sites is 1. The van der Waals surface area contributed by atoms with Gasteiger partial charge in [0.25, 0.3) is 0 Å². The second kappa shape index (κ2) is 5.48. The molecule has 5 heteroatoms. The summed E-state index contributed by atoms with van der Waals surface area (Å²) >= 11 is 0. The van der Waals surface area contributed by atoms with E-state index < -0.39 is 0 Å². The molecule has 2 saturated heterocycles. The first-order chi connectivity index (χ1) is 10.4. The van der Waals surface area contributed by atoms with Gasteiger partial charge in [0.05, 0.1) is 0 Å². The summed E-state index contributed by atoms with van der Waals surface area (Å²) in [6.45, 7) is 1.83. The summed E-state index contributed by atoms with van der Waals surface area (Å²) < 4.78 is 11.2. The van der Waals surface area contributed by atoms with Gasteiger partial charge in [0.15, 0.2) is 0 Å². The summed E-state index contributed by atoms with van der Waals surface area (Å²) in [5.41, 5.74) is 1.22. The summed E-state index contributed by atoms with van der Waals surface area (Å²) in [7, 11) is 0. The maximum atomic E-state index is 5.63. The molecule has 21 heavy (non-hydrogen) atoms. The van der Waals surface area contributed by atoms with Crippen LogP contribution in [0.25, 0.3) is 0 Å². The topological polar surface area (TPSA) is 51.4 Å². The lowest BCUT2D eigenvalue weighted by molar-refractivity contribution is 0.103. The van der Waals surface area contributed by atoms with E-state index in [2.05, 4.69) is 39.3 Å². The monoisotopic (exact) mass is 285 g/mol. The molecule has 110 valence electrons. The van der Waals surface area contributed by atoms with Crippen LogP contribution in [0.2, 0.25) is 0 Å². The van der Waals surface area contributed by atoms with Gasteiger partial charge in [-0.25, -0.2) is 0 Å². The second-order valence-electron chi connectivity index (χ2n) is 5.68. The Hall–Kier alpha value is -1.88. The average Bonchev–Trinajstić information content (AvgIpc) is 3.27. The van der Waals surface area contributed by atoms with Crippen LogP contribution >= 0.6 is 0 Å². The Morgan fingerprint density at radius 2 is 2.00 bits per heavy atom. The third-order valence-electron chi connectivity index (χ3n) is 4.30. The van der Waals surface area contributed by atoms with Crippen LogP contribution in [0.4, 0.5) is 5.69 Å². The van der Waals surface area contributed by atoms with Crippen molar-refractivity contribution >= 4 is 5.69 Å². The van der Waals surface area contributed by atoms with E-state index in [9.17, 15) is 0 Å². The Labute approximate surface area is 123 Å². The molecule has 2 aliphatic heterocycles.